The standard InChI is InChI=1S/C15H29NO/c1-2-11-16-15(13-7-3-4-8-13)12-17-14-9-5-6-10-14/h13-16H,2-12H2,1H3. The third kappa shape index (κ3) is 4.26. The van der Waals surface area contributed by atoms with Crippen LogP contribution in [-0.4, -0.2) is 25.3 Å². The zero-order valence-corrected chi connectivity index (χ0v) is 11.4. The number of ether oxygens (including phenoxy) is 1. The predicted octanol–water partition coefficient (Wildman–Crippen LogP) is 3.50. The van der Waals surface area contributed by atoms with Gasteiger partial charge in [-0.25, -0.2) is 0 Å². The molecule has 0 radical (unpaired) electrons. The van der Waals surface area contributed by atoms with Crippen molar-refractivity contribution in [1.29, 1.82) is 0 Å². The van der Waals surface area contributed by atoms with E-state index in [1.54, 1.807) is 0 Å². The molecule has 1 atom stereocenters. The van der Waals surface area contributed by atoms with Gasteiger partial charge in [-0.3, -0.25) is 0 Å². The molecule has 0 aliphatic heterocycles. The fourth-order valence-electron chi connectivity index (χ4n) is 3.35. The molecule has 0 amide bonds. The average Bonchev–Trinajstić information content (AvgIpc) is 3.01. The highest BCUT2D eigenvalue weighted by atomic mass is 16.5. The largest absolute Gasteiger partial charge is 0.377 e. The molecule has 2 saturated carbocycles. The summed E-state index contributed by atoms with van der Waals surface area (Å²) in [5.41, 5.74) is 0. The Kier molecular flexibility index (Phi) is 5.79. The van der Waals surface area contributed by atoms with E-state index >= 15 is 0 Å². The lowest BCUT2D eigenvalue weighted by atomic mass is 9.98. The summed E-state index contributed by atoms with van der Waals surface area (Å²) >= 11 is 0. The summed E-state index contributed by atoms with van der Waals surface area (Å²) in [5.74, 6) is 0.878. The second-order valence-corrected chi connectivity index (χ2v) is 5.84. The molecule has 0 bridgehead atoms. The summed E-state index contributed by atoms with van der Waals surface area (Å²) in [6, 6.07) is 0.623. The van der Waals surface area contributed by atoms with Gasteiger partial charge in [0.2, 0.25) is 0 Å². The fourth-order valence-corrected chi connectivity index (χ4v) is 3.35. The Bertz CT molecular complexity index is 195. The molecule has 17 heavy (non-hydrogen) atoms. The maximum atomic E-state index is 6.11. The minimum Gasteiger partial charge on any atom is -0.377 e. The van der Waals surface area contributed by atoms with Crippen molar-refractivity contribution in [2.45, 2.75) is 76.9 Å². The Morgan fingerprint density at radius 1 is 1.06 bits per heavy atom. The Morgan fingerprint density at radius 2 is 1.71 bits per heavy atom. The number of hydrogen-bond donors (Lipinski definition) is 1. The van der Waals surface area contributed by atoms with Gasteiger partial charge in [0.25, 0.3) is 0 Å². The first kappa shape index (κ1) is 13.4. The molecule has 0 aromatic carbocycles. The molecular weight excluding hydrogens is 210 g/mol. The summed E-state index contributed by atoms with van der Waals surface area (Å²) in [5, 5.41) is 3.71. The van der Waals surface area contributed by atoms with Crippen molar-refractivity contribution in [2.75, 3.05) is 13.2 Å². The predicted molar refractivity (Wildman–Crippen MR) is 72.2 cm³/mol. The van der Waals surface area contributed by atoms with Gasteiger partial charge >= 0.3 is 0 Å². The number of rotatable bonds is 7. The quantitative estimate of drug-likeness (QED) is 0.734. The van der Waals surface area contributed by atoms with Crippen molar-refractivity contribution in [2.24, 2.45) is 5.92 Å². The normalized spacial score (nSPS) is 24.5. The number of nitrogens with one attached hydrogen (secondary N) is 1. The van der Waals surface area contributed by atoms with Crippen molar-refractivity contribution >= 4 is 0 Å². The number of hydrogen-bond acceptors (Lipinski definition) is 2. The van der Waals surface area contributed by atoms with Gasteiger partial charge in [-0.15, -0.1) is 0 Å². The molecule has 2 aliphatic rings. The van der Waals surface area contributed by atoms with Crippen LogP contribution < -0.4 is 5.32 Å². The molecule has 2 fully saturated rings. The first-order valence-corrected chi connectivity index (χ1v) is 7.75. The van der Waals surface area contributed by atoms with Crippen molar-refractivity contribution in [3.8, 4) is 0 Å². The van der Waals surface area contributed by atoms with E-state index < -0.39 is 0 Å². The van der Waals surface area contributed by atoms with Crippen molar-refractivity contribution in [3.63, 3.8) is 0 Å². The van der Waals surface area contributed by atoms with E-state index in [1.165, 1.54) is 57.8 Å². The Balaban J connectivity index is 1.72. The van der Waals surface area contributed by atoms with E-state index in [2.05, 4.69) is 12.2 Å². The Morgan fingerprint density at radius 3 is 2.35 bits per heavy atom. The first-order valence-electron chi connectivity index (χ1n) is 7.75. The van der Waals surface area contributed by atoms with Crippen LogP contribution in [0.25, 0.3) is 0 Å². The van der Waals surface area contributed by atoms with Crippen LogP contribution in [0.2, 0.25) is 0 Å². The van der Waals surface area contributed by atoms with E-state index in [4.69, 9.17) is 4.74 Å². The lowest BCUT2D eigenvalue weighted by molar-refractivity contribution is 0.0319. The third-order valence-electron chi connectivity index (χ3n) is 4.44. The second kappa shape index (κ2) is 7.38. The van der Waals surface area contributed by atoms with E-state index in [-0.39, 0.29) is 0 Å². The molecule has 0 saturated heterocycles. The highest BCUT2D eigenvalue weighted by molar-refractivity contribution is 4.81. The zero-order valence-electron chi connectivity index (χ0n) is 11.4. The summed E-state index contributed by atoms with van der Waals surface area (Å²) in [6.45, 7) is 4.35. The SMILES string of the molecule is CCCNC(COC1CCCC1)C1CCCC1. The minimum atomic E-state index is 0.572. The van der Waals surface area contributed by atoms with Gasteiger partial charge in [0.15, 0.2) is 0 Å². The summed E-state index contributed by atoms with van der Waals surface area (Å²) in [4.78, 5) is 0. The maximum Gasteiger partial charge on any atom is 0.0626 e. The molecule has 0 aromatic rings. The summed E-state index contributed by atoms with van der Waals surface area (Å²) in [6.07, 6.45) is 12.8. The molecule has 0 heterocycles. The van der Waals surface area contributed by atoms with Crippen molar-refractivity contribution in [3.05, 3.63) is 0 Å². The van der Waals surface area contributed by atoms with Crippen LogP contribution >= 0.6 is 0 Å². The highest BCUT2D eigenvalue weighted by Gasteiger charge is 2.26. The van der Waals surface area contributed by atoms with Crippen LogP contribution in [0.3, 0.4) is 0 Å². The lowest BCUT2D eigenvalue weighted by Crippen LogP contribution is -2.40. The van der Waals surface area contributed by atoms with Crippen LogP contribution in [0.5, 0.6) is 0 Å². The molecule has 2 nitrogen and oxygen atoms in total. The minimum absolute atomic E-state index is 0.572. The van der Waals surface area contributed by atoms with Gasteiger partial charge in [-0.2, -0.15) is 0 Å². The van der Waals surface area contributed by atoms with Crippen LogP contribution in [-0.2, 0) is 4.74 Å². The first-order chi connectivity index (χ1) is 8.40. The van der Waals surface area contributed by atoms with Crippen LogP contribution in [0.4, 0.5) is 0 Å². The van der Waals surface area contributed by atoms with Gasteiger partial charge in [-0.1, -0.05) is 32.6 Å². The molecule has 0 aromatic heterocycles. The molecule has 2 heteroatoms. The molecule has 1 unspecified atom stereocenters. The fraction of sp³-hybridized carbons (Fsp3) is 1.00. The summed E-state index contributed by atoms with van der Waals surface area (Å²) < 4.78 is 6.11. The van der Waals surface area contributed by atoms with E-state index in [0.29, 0.717) is 12.1 Å². The topological polar surface area (TPSA) is 21.3 Å². The van der Waals surface area contributed by atoms with Crippen molar-refractivity contribution < 1.29 is 4.74 Å². The van der Waals surface area contributed by atoms with Gasteiger partial charge < -0.3 is 10.1 Å². The monoisotopic (exact) mass is 239 g/mol. The second-order valence-electron chi connectivity index (χ2n) is 5.84. The van der Waals surface area contributed by atoms with Gasteiger partial charge in [0.05, 0.1) is 12.7 Å². The molecule has 2 aliphatic carbocycles. The van der Waals surface area contributed by atoms with Crippen LogP contribution in [0.15, 0.2) is 0 Å². The van der Waals surface area contributed by atoms with Gasteiger partial charge in [0.1, 0.15) is 0 Å². The van der Waals surface area contributed by atoms with Crippen molar-refractivity contribution in [1.82, 2.24) is 5.32 Å². The molecule has 100 valence electrons. The highest BCUT2D eigenvalue weighted by Crippen LogP contribution is 2.29. The molecular formula is C15H29NO. The van der Waals surface area contributed by atoms with E-state index in [9.17, 15) is 0 Å². The van der Waals surface area contributed by atoms with Gasteiger partial charge in [0, 0.05) is 6.04 Å². The van der Waals surface area contributed by atoms with E-state index in [1.807, 2.05) is 0 Å². The smallest absolute Gasteiger partial charge is 0.0626 e. The zero-order chi connectivity index (χ0) is 11.9. The summed E-state index contributed by atoms with van der Waals surface area (Å²) in [7, 11) is 0. The van der Waals surface area contributed by atoms with Crippen LogP contribution in [0.1, 0.15) is 64.7 Å². The molecule has 2 rings (SSSR count). The average molecular weight is 239 g/mol. The molecule has 0 spiro atoms. The van der Waals surface area contributed by atoms with Gasteiger partial charge in [-0.05, 0) is 44.6 Å². The Hall–Kier alpha value is -0.0800. The Labute approximate surface area is 107 Å². The van der Waals surface area contributed by atoms with E-state index in [0.717, 1.165) is 19.1 Å². The third-order valence-corrected chi connectivity index (χ3v) is 4.44. The lowest BCUT2D eigenvalue weighted by Gasteiger charge is -2.26. The van der Waals surface area contributed by atoms with Crippen LogP contribution in [0, 0.1) is 5.92 Å². The maximum absolute atomic E-state index is 6.11. The molecule has 1 N–H and O–H groups in total.